The van der Waals surface area contributed by atoms with Crippen molar-refractivity contribution in [3.05, 3.63) is 48.6 Å². The molecule has 0 fully saturated rings. The summed E-state index contributed by atoms with van der Waals surface area (Å²) >= 11 is 0. The third kappa shape index (κ3) is 36.4. The molecule has 1 unspecified atom stereocenters. The zero-order valence-electron chi connectivity index (χ0n) is 30.4. The zero-order valence-corrected chi connectivity index (χ0v) is 30.4. The minimum atomic E-state index is -0.685. The van der Waals surface area contributed by atoms with E-state index < -0.39 is 5.97 Å². The van der Waals surface area contributed by atoms with Gasteiger partial charge < -0.3 is 9.84 Å². The van der Waals surface area contributed by atoms with Crippen LogP contribution >= 0.6 is 0 Å². The van der Waals surface area contributed by atoms with Crippen LogP contribution in [-0.2, 0) is 14.3 Å². The second kappa shape index (κ2) is 37.4. The predicted octanol–water partition coefficient (Wildman–Crippen LogP) is 13.6. The van der Waals surface area contributed by atoms with Crippen molar-refractivity contribution in [2.45, 2.75) is 206 Å². The van der Waals surface area contributed by atoms with Gasteiger partial charge in [0.1, 0.15) is 6.10 Å². The fourth-order valence-electron chi connectivity index (χ4n) is 5.70. The van der Waals surface area contributed by atoms with Crippen molar-refractivity contribution < 1.29 is 19.4 Å². The average Bonchev–Trinajstić information content (AvgIpc) is 3.04. The van der Waals surface area contributed by atoms with E-state index in [0.29, 0.717) is 12.8 Å². The summed E-state index contributed by atoms with van der Waals surface area (Å²) in [4.78, 5) is 23.3. The topological polar surface area (TPSA) is 63.6 Å². The van der Waals surface area contributed by atoms with Crippen LogP contribution in [0.3, 0.4) is 0 Å². The molecule has 4 heteroatoms. The standard InChI is InChI=1S/C42H74O4/c1-3-5-7-9-11-13-15-16-17-18-19-21-27-31-35-39-42(45)46-40(36-32-28-24-20-14-12-10-8-6-4-2)37-33-29-25-22-23-26-30-34-38-41(43)44/h5,7,11,13,16-17,19,21,40H,3-4,6,8-10,12,14-15,18,20,22-39H2,1-2H3,(H,43,44)/b7-5-,13-11-,17-16-,21-19-. The first kappa shape index (κ1) is 43.9. The molecule has 0 rings (SSSR count). The molecular formula is C42H74O4. The van der Waals surface area contributed by atoms with E-state index in [2.05, 4.69) is 62.5 Å². The highest BCUT2D eigenvalue weighted by molar-refractivity contribution is 5.69. The van der Waals surface area contributed by atoms with E-state index in [1.54, 1.807) is 0 Å². The Morgan fingerprint density at radius 1 is 0.500 bits per heavy atom. The van der Waals surface area contributed by atoms with Crippen molar-refractivity contribution in [3.63, 3.8) is 0 Å². The summed E-state index contributed by atoms with van der Waals surface area (Å²) in [6.07, 6.45) is 49.9. The molecule has 1 N–H and O–H groups in total. The SMILES string of the molecule is CC/C=C\C/C=C\C/C=C\C/C=C\CCCCC(=O)OC(CCCCCCCCCCCC)CCCCCCCCCCC(=O)O. The quantitative estimate of drug-likeness (QED) is 0.0424. The number of rotatable bonds is 35. The van der Waals surface area contributed by atoms with E-state index in [9.17, 15) is 9.59 Å². The lowest BCUT2D eigenvalue weighted by molar-refractivity contribution is -0.150. The Kier molecular flexibility index (Phi) is 35.7. The molecule has 0 aliphatic rings. The molecule has 0 bridgehead atoms. The minimum Gasteiger partial charge on any atom is -0.481 e. The largest absolute Gasteiger partial charge is 0.481 e. The summed E-state index contributed by atoms with van der Waals surface area (Å²) in [5.41, 5.74) is 0. The molecule has 0 aliphatic heterocycles. The average molecular weight is 643 g/mol. The third-order valence-electron chi connectivity index (χ3n) is 8.57. The molecular weight excluding hydrogens is 568 g/mol. The number of allylic oxidation sites excluding steroid dienone is 8. The van der Waals surface area contributed by atoms with Gasteiger partial charge in [0.2, 0.25) is 0 Å². The molecule has 0 heterocycles. The first-order valence-electron chi connectivity index (χ1n) is 19.6. The van der Waals surface area contributed by atoms with E-state index in [1.165, 1.54) is 83.5 Å². The van der Waals surface area contributed by atoms with Crippen LogP contribution in [0.2, 0.25) is 0 Å². The van der Waals surface area contributed by atoms with Crippen LogP contribution in [0.25, 0.3) is 0 Å². The third-order valence-corrected chi connectivity index (χ3v) is 8.57. The van der Waals surface area contributed by atoms with Crippen molar-refractivity contribution in [2.24, 2.45) is 0 Å². The van der Waals surface area contributed by atoms with Gasteiger partial charge in [-0.2, -0.15) is 0 Å². The van der Waals surface area contributed by atoms with E-state index in [-0.39, 0.29) is 12.1 Å². The Balaban J connectivity index is 4.18. The number of carbonyl (C=O) groups excluding carboxylic acids is 1. The maximum Gasteiger partial charge on any atom is 0.306 e. The highest BCUT2D eigenvalue weighted by atomic mass is 16.5. The van der Waals surface area contributed by atoms with Gasteiger partial charge in [-0.05, 0) is 77.0 Å². The number of carboxylic acids is 1. The Bertz CT molecular complexity index is 779. The smallest absolute Gasteiger partial charge is 0.306 e. The predicted molar refractivity (Wildman–Crippen MR) is 199 cm³/mol. The van der Waals surface area contributed by atoms with Crippen LogP contribution in [-0.4, -0.2) is 23.1 Å². The summed E-state index contributed by atoms with van der Waals surface area (Å²) < 4.78 is 6.02. The fraction of sp³-hybridized carbons (Fsp3) is 0.762. The molecule has 0 radical (unpaired) electrons. The van der Waals surface area contributed by atoms with E-state index in [1.807, 2.05) is 0 Å². The van der Waals surface area contributed by atoms with Crippen molar-refractivity contribution >= 4 is 11.9 Å². The molecule has 0 amide bonds. The fourth-order valence-corrected chi connectivity index (χ4v) is 5.70. The first-order valence-corrected chi connectivity index (χ1v) is 19.6. The lowest BCUT2D eigenvalue weighted by atomic mass is 10.0. The summed E-state index contributed by atoms with van der Waals surface area (Å²) in [6.45, 7) is 4.43. The van der Waals surface area contributed by atoms with Crippen LogP contribution in [0, 0.1) is 0 Å². The summed E-state index contributed by atoms with van der Waals surface area (Å²) in [5, 5.41) is 8.75. The summed E-state index contributed by atoms with van der Waals surface area (Å²) in [6, 6.07) is 0. The second-order valence-corrected chi connectivity index (χ2v) is 13.1. The molecule has 0 aliphatic carbocycles. The molecule has 0 aromatic carbocycles. The number of aliphatic carboxylic acids is 1. The summed E-state index contributed by atoms with van der Waals surface area (Å²) in [7, 11) is 0. The molecule has 0 spiro atoms. The highest BCUT2D eigenvalue weighted by Crippen LogP contribution is 2.19. The van der Waals surface area contributed by atoms with Gasteiger partial charge in [0.25, 0.3) is 0 Å². The van der Waals surface area contributed by atoms with Crippen LogP contribution in [0.4, 0.5) is 0 Å². The zero-order chi connectivity index (χ0) is 33.6. The van der Waals surface area contributed by atoms with Gasteiger partial charge in [0.05, 0.1) is 0 Å². The number of hydrogen-bond acceptors (Lipinski definition) is 3. The molecule has 4 nitrogen and oxygen atoms in total. The van der Waals surface area contributed by atoms with Gasteiger partial charge in [0, 0.05) is 12.8 Å². The number of carboxylic acid groups (broad SMARTS) is 1. The van der Waals surface area contributed by atoms with Gasteiger partial charge in [-0.15, -0.1) is 0 Å². The Morgan fingerprint density at radius 3 is 1.39 bits per heavy atom. The molecule has 0 aromatic rings. The lowest BCUT2D eigenvalue weighted by Gasteiger charge is -2.18. The van der Waals surface area contributed by atoms with Crippen molar-refractivity contribution in [1.82, 2.24) is 0 Å². The molecule has 266 valence electrons. The maximum atomic E-state index is 12.7. The normalized spacial score (nSPS) is 12.7. The monoisotopic (exact) mass is 643 g/mol. The van der Waals surface area contributed by atoms with Gasteiger partial charge in [-0.1, -0.05) is 159 Å². The molecule has 0 aromatic heterocycles. The number of esters is 1. The Hall–Kier alpha value is -2.10. The number of ether oxygens (including phenoxy) is 1. The Morgan fingerprint density at radius 2 is 0.913 bits per heavy atom. The number of hydrogen-bond donors (Lipinski definition) is 1. The Labute approximate surface area is 285 Å². The van der Waals surface area contributed by atoms with E-state index in [0.717, 1.165) is 89.9 Å². The van der Waals surface area contributed by atoms with Gasteiger partial charge in [-0.3, -0.25) is 9.59 Å². The summed E-state index contributed by atoms with van der Waals surface area (Å²) in [5.74, 6) is -0.696. The van der Waals surface area contributed by atoms with Gasteiger partial charge >= 0.3 is 11.9 Å². The van der Waals surface area contributed by atoms with Crippen LogP contribution in [0.1, 0.15) is 200 Å². The van der Waals surface area contributed by atoms with Gasteiger partial charge in [0.15, 0.2) is 0 Å². The van der Waals surface area contributed by atoms with Crippen LogP contribution in [0.15, 0.2) is 48.6 Å². The van der Waals surface area contributed by atoms with E-state index >= 15 is 0 Å². The van der Waals surface area contributed by atoms with Crippen LogP contribution in [0.5, 0.6) is 0 Å². The molecule has 1 atom stereocenters. The van der Waals surface area contributed by atoms with Crippen molar-refractivity contribution in [2.75, 3.05) is 0 Å². The maximum absolute atomic E-state index is 12.7. The van der Waals surface area contributed by atoms with Gasteiger partial charge in [-0.25, -0.2) is 0 Å². The first-order chi connectivity index (χ1) is 22.6. The number of carbonyl (C=O) groups is 2. The van der Waals surface area contributed by atoms with E-state index in [4.69, 9.17) is 9.84 Å². The van der Waals surface area contributed by atoms with Crippen LogP contribution < -0.4 is 0 Å². The number of unbranched alkanes of at least 4 members (excludes halogenated alkanes) is 18. The lowest BCUT2D eigenvalue weighted by Crippen LogP contribution is -2.18. The molecule has 0 saturated carbocycles. The van der Waals surface area contributed by atoms with Crippen molar-refractivity contribution in [3.8, 4) is 0 Å². The minimum absolute atomic E-state index is 0.0106. The molecule has 46 heavy (non-hydrogen) atoms. The van der Waals surface area contributed by atoms with Crippen molar-refractivity contribution in [1.29, 1.82) is 0 Å². The molecule has 0 saturated heterocycles. The second-order valence-electron chi connectivity index (χ2n) is 13.1. The highest BCUT2D eigenvalue weighted by Gasteiger charge is 2.14.